The lowest BCUT2D eigenvalue weighted by molar-refractivity contribution is -0.120. The first-order valence-corrected chi connectivity index (χ1v) is 5.42. The Labute approximate surface area is 101 Å². The Morgan fingerprint density at radius 2 is 2.12 bits per heavy atom. The molecule has 0 aliphatic carbocycles. The third kappa shape index (κ3) is 4.67. The molecule has 94 valence electrons. The largest absolute Gasteiger partial charge is 0.368 e. The number of anilines is 2. The number of nitrogen functional groups attached to an aromatic ring is 1. The van der Waals surface area contributed by atoms with E-state index in [1.807, 2.05) is 27.7 Å². The van der Waals surface area contributed by atoms with Gasteiger partial charge in [0.25, 0.3) is 0 Å². The SMILES string of the molecule is Cc1cnc(N)nc1NCC(=O)NC(C)(C)C. The highest BCUT2D eigenvalue weighted by molar-refractivity contribution is 5.81. The van der Waals surface area contributed by atoms with Gasteiger partial charge in [0.2, 0.25) is 11.9 Å². The monoisotopic (exact) mass is 237 g/mol. The Morgan fingerprint density at radius 1 is 1.47 bits per heavy atom. The first kappa shape index (κ1) is 13.2. The molecular formula is C11H19N5O. The van der Waals surface area contributed by atoms with Crippen LogP contribution in [0.3, 0.4) is 0 Å². The molecule has 0 aromatic carbocycles. The zero-order valence-electron chi connectivity index (χ0n) is 10.7. The number of amides is 1. The molecule has 1 aromatic heterocycles. The van der Waals surface area contributed by atoms with Crippen LogP contribution in [0.2, 0.25) is 0 Å². The molecule has 1 aromatic rings. The van der Waals surface area contributed by atoms with Crippen LogP contribution in [0.1, 0.15) is 26.3 Å². The Bertz CT molecular complexity index is 411. The third-order valence-electron chi connectivity index (χ3n) is 1.92. The lowest BCUT2D eigenvalue weighted by atomic mass is 10.1. The van der Waals surface area contributed by atoms with E-state index in [-0.39, 0.29) is 23.9 Å². The summed E-state index contributed by atoms with van der Waals surface area (Å²) < 4.78 is 0. The van der Waals surface area contributed by atoms with Crippen molar-refractivity contribution in [1.82, 2.24) is 15.3 Å². The van der Waals surface area contributed by atoms with Crippen molar-refractivity contribution in [3.8, 4) is 0 Å². The molecule has 4 N–H and O–H groups in total. The molecule has 1 heterocycles. The summed E-state index contributed by atoms with van der Waals surface area (Å²) in [6.45, 7) is 7.80. The van der Waals surface area contributed by atoms with E-state index in [4.69, 9.17) is 5.73 Å². The van der Waals surface area contributed by atoms with Crippen LogP contribution in [-0.2, 0) is 4.79 Å². The highest BCUT2D eigenvalue weighted by atomic mass is 16.2. The van der Waals surface area contributed by atoms with Gasteiger partial charge in [-0.2, -0.15) is 4.98 Å². The van der Waals surface area contributed by atoms with E-state index in [2.05, 4.69) is 20.6 Å². The number of hydrogen-bond acceptors (Lipinski definition) is 5. The molecule has 0 fully saturated rings. The number of nitrogens with zero attached hydrogens (tertiary/aromatic N) is 2. The van der Waals surface area contributed by atoms with Crippen molar-refractivity contribution in [2.24, 2.45) is 0 Å². The lowest BCUT2D eigenvalue weighted by Gasteiger charge is -2.20. The summed E-state index contributed by atoms with van der Waals surface area (Å²) in [5.74, 6) is 0.685. The number of carbonyl (C=O) groups is 1. The zero-order chi connectivity index (χ0) is 13.1. The number of hydrogen-bond donors (Lipinski definition) is 3. The third-order valence-corrected chi connectivity index (χ3v) is 1.92. The van der Waals surface area contributed by atoms with E-state index in [0.717, 1.165) is 5.56 Å². The molecule has 0 saturated heterocycles. The minimum Gasteiger partial charge on any atom is -0.368 e. The van der Waals surface area contributed by atoms with E-state index in [1.165, 1.54) is 0 Å². The quantitative estimate of drug-likeness (QED) is 0.719. The fourth-order valence-corrected chi connectivity index (χ4v) is 1.26. The average Bonchev–Trinajstić information content (AvgIpc) is 2.17. The van der Waals surface area contributed by atoms with Crippen molar-refractivity contribution in [3.05, 3.63) is 11.8 Å². The molecule has 0 saturated carbocycles. The van der Waals surface area contributed by atoms with Gasteiger partial charge < -0.3 is 16.4 Å². The summed E-state index contributed by atoms with van der Waals surface area (Å²) in [5.41, 5.74) is 6.09. The van der Waals surface area contributed by atoms with Crippen LogP contribution in [0, 0.1) is 6.92 Å². The van der Waals surface area contributed by atoms with Gasteiger partial charge in [-0.3, -0.25) is 4.79 Å². The topological polar surface area (TPSA) is 92.9 Å². The van der Waals surface area contributed by atoms with Gasteiger partial charge in [-0.1, -0.05) is 0 Å². The maximum absolute atomic E-state index is 11.6. The van der Waals surface area contributed by atoms with Crippen LogP contribution in [0.5, 0.6) is 0 Å². The lowest BCUT2D eigenvalue weighted by Crippen LogP contribution is -2.43. The van der Waals surface area contributed by atoms with Gasteiger partial charge in [0.15, 0.2) is 0 Å². The Balaban J connectivity index is 2.56. The molecule has 6 nitrogen and oxygen atoms in total. The molecule has 0 atom stereocenters. The van der Waals surface area contributed by atoms with Crippen molar-refractivity contribution in [2.75, 3.05) is 17.6 Å². The predicted molar refractivity (Wildman–Crippen MR) is 67.6 cm³/mol. The van der Waals surface area contributed by atoms with E-state index in [1.54, 1.807) is 6.20 Å². The first-order chi connectivity index (χ1) is 7.78. The van der Waals surface area contributed by atoms with Crippen LogP contribution in [0.15, 0.2) is 6.20 Å². The van der Waals surface area contributed by atoms with Gasteiger partial charge in [-0.05, 0) is 27.7 Å². The molecule has 0 bridgehead atoms. The summed E-state index contributed by atoms with van der Waals surface area (Å²) in [5, 5.41) is 5.78. The van der Waals surface area contributed by atoms with Crippen LogP contribution in [0.4, 0.5) is 11.8 Å². The number of aromatic nitrogens is 2. The van der Waals surface area contributed by atoms with Crippen LogP contribution in [-0.4, -0.2) is 28.0 Å². The number of rotatable bonds is 3. The van der Waals surface area contributed by atoms with Gasteiger partial charge in [0, 0.05) is 17.3 Å². The molecule has 0 aliphatic heterocycles. The minimum absolute atomic E-state index is 0.0888. The van der Waals surface area contributed by atoms with Crippen molar-refractivity contribution in [1.29, 1.82) is 0 Å². The smallest absolute Gasteiger partial charge is 0.239 e. The Kier molecular flexibility index (Phi) is 3.88. The maximum atomic E-state index is 11.6. The Morgan fingerprint density at radius 3 is 2.71 bits per heavy atom. The van der Waals surface area contributed by atoms with E-state index < -0.39 is 0 Å². The first-order valence-electron chi connectivity index (χ1n) is 5.42. The molecule has 17 heavy (non-hydrogen) atoms. The number of nitrogens with one attached hydrogen (secondary N) is 2. The molecule has 1 rings (SSSR count). The molecular weight excluding hydrogens is 218 g/mol. The maximum Gasteiger partial charge on any atom is 0.239 e. The van der Waals surface area contributed by atoms with Crippen LogP contribution >= 0.6 is 0 Å². The van der Waals surface area contributed by atoms with E-state index in [0.29, 0.717) is 5.82 Å². The number of aryl methyl sites for hydroxylation is 1. The summed E-state index contributed by atoms with van der Waals surface area (Å²) >= 11 is 0. The van der Waals surface area contributed by atoms with Crippen molar-refractivity contribution in [3.63, 3.8) is 0 Å². The molecule has 0 unspecified atom stereocenters. The van der Waals surface area contributed by atoms with Gasteiger partial charge in [0.1, 0.15) is 5.82 Å². The zero-order valence-corrected chi connectivity index (χ0v) is 10.7. The molecule has 6 heteroatoms. The fourth-order valence-electron chi connectivity index (χ4n) is 1.26. The molecule has 0 radical (unpaired) electrons. The molecule has 0 spiro atoms. The van der Waals surface area contributed by atoms with Crippen LogP contribution < -0.4 is 16.4 Å². The average molecular weight is 237 g/mol. The second kappa shape index (κ2) is 4.99. The highest BCUT2D eigenvalue weighted by Crippen LogP contribution is 2.10. The van der Waals surface area contributed by atoms with E-state index >= 15 is 0 Å². The second-order valence-electron chi connectivity index (χ2n) is 4.91. The van der Waals surface area contributed by atoms with Gasteiger partial charge in [-0.15, -0.1) is 0 Å². The van der Waals surface area contributed by atoms with Crippen LogP contribution in [0.25, 0.3) is 0 Å². The van der Waals surface area contributed by atoms with Gasteiger partial charge in [0.05, 0.1) is 6.54 Å². The predicted octanol–water partition coefficient (Wildman–Crippen LogP) is 0.694. The normalized spacial score (nSPS) is 11.1. The molecule has 0 aliphatic rings. The minimum atomic E-state index is -0.238. The van der Waals surface area contributed by atoms with Crippen molar-refractivity contribution < 1.29 is 4.79 Å². The Hall–Kier alpha value is -1.85. The van der Waals surface area contributed by atoms with Gasteiger partial charge >= 0.3 is 0 Å². The number of carbonyl (C=O) groups excluding carboxylic acids is 1. The van der Waals surface area contributed by atoms with E-state index in [9.17, 15) is 4.79 Å². The van der Waals surface area contributed by atoms with Crippen molar-refractivity contribution >= 4 is 17.7 Å². The fraction of sp³-hybridized carbons (Fsp3) is 0.545. The summed E-state index contributed by atoms with van der Waals surface area (Å²) in [6, 6.07) is 0. The number of nitrogens with two attached hydrogens (primary N) is 1. The van der Waals surface area contributed by atoms with Crippen molar-refractivity contribution in [2.45, 2.75) is 33.2 Å². The summed E-state index contributed by atoms with van der Waals surface area (Å²) in [7, 11) is 0. The summed E-state index contributed by atoms with van der Waals surface area (Å²) in [4.78, 5) is 19.4. The summed E-state index contributed by atoms with van der Waals surface area (Å²) in [6.07, 6.45) is 1.62. The second-order valence-corrected chi connectivity index (χ2v) is 4.91. The highest BCUT2D eigenvalue weighted by Gasteiger charge is 2.13. The van der Waals surface area contributed by atoms with Gasteiger partial charge in [-0.25, -0.2) is 4.98 Å². The molecule has 1 amide bonds. The standard InChI is InChI=1S/C11H19N5O/c1-7-5-14-10(12)15-9(7)13-6-8(17)16-11(2,3)4/h5H,6H2,1-4H3,(H,16,17)(H3,12,13,14,15).